The van der Waals surface area contributed by atoms with Gasteiger partial charge in [-0.3, -0.25) is 4.98 Å². The number of nitrogens with zero attached hydrogens (tertiary/aromatic N) is 4. The van der Waals surface area contributed by atoms with E-state index in [0.29, 0.717) is 42.9 Å². The minimum atomic E-state index is -3.58. The summed E-state index contributed by atoms with van der Waals surface area (Å²) >= 11 is 0. The molecule has 0 N–H and O–H groups in total. The molecule has 0 atom stereocenters. The standard InChI is InChI=1S/C22H24N4O3S/c27-30(28,20-5-1-3-18-4-2-12-23-22(18)20)26-13-10-16(11-14-26)15-29-21-9-8-19(24-25-21)17-6-7-17/h1-5,8-9,12,16-17H,6-7,10-11,13-15H2. The van der Waals surface area contributed by atoms with Crippen LogP contribution < -0.4 is 4.74 Å². The van der Waals surface area contributed by atoms with E-state index < -0.39 is 10.0 Å². The summed E-state index contributed by atoms with van der Waals surface area (Å²) in [5.74, 6) is 1.41. The van der Waals surface area contributed by atoms with E-state index >= 15 is 0 Å². The first kappa shape index (κ1) is 19.4. The summed E-state index contributed by atoms with van der Waals surface area (Å²) in [6.07, 6.45) is 5.54. The first-order chi connectivity index (χ1) is 14.6. The van der Waals surface area contributed by atoms with Crippen LogP contribution in [0.5, 0.6) is 5.88 Å². The number of sulfonamides is 1. The summed E-state index contributed by atoms with van der Waals surface area (Å²) in [7, 11) is -3.58. The van der Waals surface area contributed by atoms with Crippen LogP contribution in [0.1, 0.15) is 37.3 Å². The van der Waals surface area contributed by atoms with E-state index in [1.54, 1.807) is 22.6 Å². The number of rotatable bonds is 6. The van der Waals surface area contributed by atoms with Crippen molar-refractivity contribution in [3.05, 3.63) is 54.4 Å². The Morgan fingerprint density at radius 1 is 0.967 bits per heavy atom. The Balaban J connectivity index is 1.20. The molecule has 8 heteroatoms. The topological polar surface area (TPSA) is 85.3 Å². The molecule has 1 aromatic carbocycles. The van der Waals surface area contributed by atoms with Crippen molar-refractivity contribution in [2.45, 2.75) is 36.5 Å². The quantitative estimate of drug-likeness (QED) is 0.603. The molecule has 30 heavy (non-hydrogen) atoms. The van der Waals surface area contributed by atoms with Crippen LogP contribution in [-0.4, -0.2) is 47.6 Å². The first-order valence-corrected chi connectivity index (χ1v) is 11.9. The SMILES string of the molecule is O=S(=O)(c1cccc2cccnc12)N1CCC(COc2ccc(C3CC3)nn2)CC1. The zero-order chi connectivity index (χ0) is 20.6. The predicted molar refractivity (Wildman–Crippen MR) is 113 cm³/mol. The number of hydrogen-bond donors (Lipinski definition) is 0. The van der Waals surface area contributed by atoms with Crippen LogP contribution in [-0.2, 0) is 10.0 Å². The Labute approximate surface area is 176 Å². The second kappa shape index (κ2) is 7.92. The average Bonchev–Trinajstić information content (AvgIpc) is 3.63. The molecule has 0 unspecified atom stereocenters. The minimum Gasteiger partial charge on any atom is -0.476 e. The lowest BCUT2D eigenvalue weighted by atomic mass is 9.99. The molecular weight excluding hydrogens is 400 g/mol. The van der Waals surface area contributed by atoms with E-state index in [2.05, 4.69) is 15.2 Å². The van der Waals surface area contributed by atoms with Crippen LogP contribution in [0.2, 0.25) is 0 Å². The molecule has 1 saturated carbocycles. The maximum Gasteiger partial charge on any atom is 0.245 e. The van der Waals surface area contributed by atoms with E-state index in [0.717, 1.165) is 23.9 Å². The Morgan fingerprint density at radius 2 is 1.77 bits per heavy atom. The molecule has 0 radical (unpaired) electrons. The highest BCUT2D eigenvalue weighted by Gasteiger charge is 2.31. The van der Waals surface area contributed by atoms with Gasteiger partial charge < -0.3 is 4.74 Å². The molecule has 3 heterocycles. The molecular formula is C22H24N4O3S. The molecule has 1 aliphatic carbocycles. The Bertz CT molecular complexity index is 1130. The van der Waals surface area contributed by atoms with E-state index in [9.17, 15) is 8.42 Å². The first-order valence-electron chi connectivity index (χ1n) is 10.4. The number of piperidine rings is 1. The van der Waals surface area contributed by atoms with Crippen molar-refractivity contribution in [3.8, 4) is 5.88 Å². The van der Waals surface area contributed by atoms with Crippen LogP contribution in [0.4, 0.5) is 0 Å². The van der Waals surface area contributed by atoms with Crippen molar-refractivity contribution in [2.75, 3.05) is 19.7 Å². The van der Waals surface area contributed by atoms with Crippen molar-refractivity contribution in [3.63, 3.8) is 0 Å². The zero-order valence-corrected chi connectivity index (χ0v) is 17.5. The number of hydrogen-bond acceptors (Lipinski definition) is 6. The largest absolute Gasteiger partial charge is 0.476 e. The predicted octanol–water partition coefficient (Wildman–Crippen LogP) is 3.38. The number of aromatic nitrogens is 3. The molecule has 1 saturated heterocycles. The zero-order valence-electron chi connectivity index (χ0n) is 16.6. The van der Waals surface area contributed by atoms with E-state index in [-0.39, 0.29) is 4.90 Å². The molecule has 2 aromatic heterocycles. The molecule has 1 aliphatic heterocycles. The van der Waals surface area contributed by atoms with Gasteiger partial charge in [-0.15, -0.1) is 5.10 Å². The van der Waals surface area contributed by atoms with Crippen molar-refractivity contribution in [1.82, 2.24) is 19.5 Å². The van der Waals surface area contributed by atoms with E-state index in [1.807, 2.05) is 30.3 Å². The lowest BCUT2D eigenvalue weighted by Gasteiger charge is -2.31. The maximum absolute atomic E-state index is 13.2. The molecule has 0 spiro atoms. The summed E-state index contributed by atoms with van der Waals surface area (Å²) in [6.45, 7) is 1.49. The highest BCUT2D eigenvalue weighted by molar-refractivity contribution is 7.89. The lowest BCUT2D eigenvalue weighted by molar-refractivity contribution is 0.180. The molecule has 2 aliphatic rings. The fraction of sp³-hybridized carbons (Fsp3) is 0.409. The number of para-hydroxylation sites is 1. The summed E-state index contributed by atoms with van der Waals surface area (Å²) in [4.78, 5) is 4.58. The van der Waals surface area contributed by atoms with Crippen molar-refractivity contribution < 1.29 is 13.2 Å². The Morgan fingerprint density at radius 3 is 2.50 bits per heavy atom. The van der Waals surface area contributed by atoms with Gasteiger partial charge in [0.15, 0.2) is 0 Å². The molecule has 0 bridgehead atoms. The molecule has 0 amide bonds. The van der Waals surface area contributed by atoms with Gasteiger partial charge in [0.1, 0.15) is 4.90 Å². The van der Waals surface area contributed by atoms with Crippen molar-refractivity contribution in [2.24, 2.45) is 5.92 Å². The van der Waals surface area contributed by atoms with Crippen LogP contribution >= 0.6 is 0 Å². The second-order valence-electron chi connectivity index (χ2n) is 8.06. The third-order valence-corrected chi connectivity index (χ3v) is 7.84. The number of fused-ring (bicyclic) bond motifs is 1. The van der Waals surface area contributed by atoms with E-state index in [1.165, 1.54) is 12.8 Å². The highest BCUT2D eigenvalue weighted by Crippen LogP contribution is 2.38. The van der Waals surface area contributed by atoms with Crippen molar-refractivity contribution in [1.29, 1.82) is 0 Å². The van der Waals surface area contributed by atoms with E-state index in [4.69, 9.17) is 4.74 Å². The normalized spacial score (nSPS) is 18.5. The Kier molecular flexibility index (Phi) is 5.12. The van der Waals surface area contributed by atoms with Crippen LogP contribution in [0.25, 0.3) is 10.9 Å². The maximum atomic E-state index is 13.2. The summed E-state index contributed by atoms with van der Waals surface area (Å²) < 4.78 is 33.8. The van der Waals surface area contributed by atoms with Crippen molar-refractivity contribution >= 4 is 20.9 Å². The van der Waals surface area contributed by atoms with Gasteiger partial charge >= 0.3 is 0 Å². The molecule has 156 valence electrons. The summed E-state index contributed by atoms with van der Waals surface area (Å²) in [5.41, 5.74) is 1.57. The third kappa shape index (κ3) is 3.89. The lowest BCUT2D eigenvalue weighted by Crippen LogP contribution is -2.39. The molecule has 3 aromatic rings. The van der Waals surface area contributed by atoms with Gasteiger partial charge in [-0.2, -0.15) is 9.40 Å². The average molecular weight is 425 g/mol. The molecule has 5 rings (SSSR count). The van der Waals surface area contributed by atoms with Gasteiger partial charge in [-0.1, -0.05) is 18.2 Å². The monoisotopic (exact) mass is 424 g/mol. The van der Waals surface area contributed by atoms with Gasteiger partial charge in [0.05, 0.1) is 17.8 Å². The van der Waals surface area contributed by atoms with Gasteiger partial charge in [0, 0.05) is 36.7 Å². The third-order valence-electron chi connectivity index (χ3n) is 5.91. The Hall–Kier alpha value is -2.58. The fourth-order valence-corrected chi connectivity index (χ4v) is 5.58. The van der Waals surface area contributed by atoms with Crippen LogP contribution in [0.15, 0.2) is 53.6 Å². The highest BCUT2D eigenvalue weighted by atomic mass is 32.2. The smallest absolute Gasteiger partial charge is 0.245 e. The summed E-state index contributed by atoms with van der Waals surface area (Å²) in [6, 6.07) is 12.9. The van der Waals surface area contributed by atoms with Crippen LogP contribution in [0, 0.1) is 5.92 Å². The number of ether oxygens (including phenoxy) is 1. The number of pyridine rings is 1. The second-order valence-corrected chi connectivity index (χ2v) is 9.97. The molecule has 2 fully saturated rings. The minimum absolute atomic E-state index is 0.279. The van der Waals surface area contributed by atoms with Gasteiger partial charge in [0.2, 0.25) is 15.9 Å². The van der Waals surface area contributed by atoms with Crippen LogP contribution in [0.3, 0.4) is 0 Å². The molecule has 7 nitrogen and oxygen atoms in total. The fourth-order valence-electron chi connectivity index (χ4n) is 3.95. The van der Waals surface area contributed by atoms with Gasteiger partial charge in [-0.05, 0) is 49.8 Å². The van der Waals surface area contributed by atoms with Gasteiger partial charge in [-0.25, -0.2) is 8.42 Å². The summed E-state index contributed by atoms with van der Waals surface area (Å²) in [5, 5.41) is 9.23. The number of benzene rings is 1. The van der Waals surface area contributed by atoms with Gasteiger partial charge in [0.25, 0.3) is 0 Å².